The van der Waals surface area contributed by atoms with Gasteiger partial charge >= 0.3 is 0 Å². The standard InChI is InChI=1S/C19H22N4OS/c1-2-4-13-23(12-3-1)14-9-15-5-7-16(8-6-15)24-19-22-17-18(25-19)21-11-10-20-17/h5-8,10-11H,1-4,9,12-14H2. The van der Waals surface area contributed by atoms with E-state index in [1.165, 1.54) is 55.7 Å². The highest BCUT2D eigenvalue weighted by molar-refractivity contribution is 7.19. The summed E-state index contributed by atoms with van der Waals surface area (Å²) in [5, 5.41) is 0.582. The minimum atomic E-state index is 0.582. The first-order valence-electron chi connectivity index (χ1n) is 8.93. The Hall–Kier alpha value is -2.05. The number of likely N-dealkylation sites (tertiary alicyclic amines) is 1. The average molecular weight is 354 g/mol. The molecule has 2 aromatic heterocycles. The Kier molecular flexibility index (Phi) is 5.18. The normalized spacial score (nSPS) is 16.0. The van der Waals surface area contributed by atoms with Crippen molar-refractivity contribution in [2.24, 2.45) is 0 Å². The molecule has 0 atom stereocenters. The third kappa shape index (κ3) is 4.32. The van der Waals surface area contributed by atoms with Gasteiger partial charge in [-0.05, 0) is 50.0 Å². The minimum absolute atomic E-state index is 0.582. The molecular formula is C19H22N4OS. The van der Waals surface area contributed by atoms with Crippen molar-refractivity contribution >= 4 is 21.8 Å². The highest BCUT2D eigenvalue weighted by Crippen LogP contribution is 2.29. The van der Waals surface area contributed by atoms with E-state index in [2.05, 4.69) is 32.0 Å². The molecule has 1 fully saturated rings. The van der Waals surface area contributed by atoms with Gasteiger partial charge in [-0.1, -0.05) is 36.3 Å². The SMILES string of the molecule is c1cnc2sc(Oc3ccc(CCN4CCCCCC4)cc3)nc2n1. The van der Waals surface area contributed by atoms with Crippen LogP contribution in [0.4, 0.5) is 0 Å². The number of ether oxygens (including phenoxy) is 1. The molecule has 4 rings (SSSR count). The predicted octanol–water partition coefficient (Wildman–Crippen LogP) is 4.30. The van der Waals surface area contributed by atoms with E-state index in [1.54, 1.807) is 12.4 Å². The Morgan fingerprint density at radius 2 is 1.72 bits per heavy atom. The second-order valence-electron chi connectivity index (χ2n) is 6.42. The van der Waals surface area contributed by atoms with Gasteiger partial charge in [-0.15, -0.1) is 0 Å². The van der Waals surface area contributed by atoms with Crippen LogP contribution in [-0.4, -0.2) is 39.5 Å². The zero-order valence-electron chi connectivity index (χ0n) is 14.2. The Morgan fingerprint density at radius 3 is 2.48 bits per heavy atom. The zero-order valence-corrected chi connectivity index (χ0v) is 15.0. The monoisotopic (exact) mass is 354 g/mol. The van der Waals surface area contributed by atoms with Crippen molar-refractivity contribution in [1.82, 2.24) is 19.9 Å². The van der Waals surface area contributed by atoms with Crippen molar-refractivity contribution in [3.63, 3.8) is 0 Å². The average Bonchev–Trinajstić information content (AvgIpc) is 2.86. The second kappa shape index (κ2) is 7.89. The lowest BCUT2D eigenvalue weighted by atomic mass is 10.1. The molecule has 0 amide bonds. The van der Waals surface area contributed by atoms with E-state index in [4.69, 9.17) is 4.74 Å². The van der Waals surface area contributed by atoms with Gasteiger partial charge in [0.05, 0.1) is 0 Å². The molecule has 1 saturated heterocycles. The lowest BCUT2D eigenvalue weighted by Crippen LogP contribution is -2.26. The maximum atomic E-state index is 5.85. The van der Waals surface area contributed by atoms with Crippen molar-refractivity contribution in [2.45, 2.75) is 32.1 Å². The summed E-state index contributed by atoms with van der Waals surface area (Å²) in [7, 11) is 0. The third-order valence-corrected chi connectivity index (χ3v) is 5.40. The summed E-state index contributed by atoms with van der Waals surface area (Å²) in [6, 6.07) is 8.34. The molecule has 0 spiro atoms. The number of rotatable bonds is 5. The van der Waals surface area contributed by atoms with Gasteiger partial charge in [0.2, 0.25) is 0 Å². The lowest BCUT2D eigenvalue weighted by molar-refractivity contribution is 0.289. The summed E-state index contributed by atoms with van der Waals surface area (Å²) >= 11 is 1.41. The maximum Gasteiger partial charge on any atom is 0.282 e. The summed E-state index contributed by atoms with van der Waals surface area (Å²) in [5.41, 5.74) is 1.99. The van der Waals surface area contributed by atoms with Crippen molar-refractivity contribution in [3.05, 3.63) is 42.2 Å². The van der Waals surface area contributed by atoms with Crippen LogP contribution in [0.2, 0.25) is 0 Å². The van der Waals surface area contributed by atoms with Crippen LogP contribution in [-0.2, 0) is 6.42 Å². The molecule has 0 radical (unpaired) electrons. The van der Waals surface area contributed by atoms with Gasteiger partial charge < -0.3 is 9.64 Å². The lowest BCUT2D eigenvalue weighted by Gasteiger charge is -2.19. The Bertz CT molecular complexity index is 777. The largest absolute Gasteiger partial charge is 0.431 e. The summed E-state index contributed by atoms with van der Waals surface area (Å²) in [5.74, 6) is 0.803. The van der Waals surface area contributed by atoms with Crippen molar-refractivity contribution < 1.29 is 4.74 Å². The van der Waals surface area contributed by atoms with E-state index >= 15 is 0 Å². The molecule has 3 heterocycles. The highest BCUT2D eigenvalue weighted by atomic mass is 32.1. The molecule has 1 aromatic carbocycles. The van der Waals surface area contributed by atoms with Crippen LogP contribution in [0.15, 0.2) is 36.7 Å². The number of hydrogen-bond acceptors (Lipinski definition) is 6. The van der Waals surface area contributed by atoms with E-state index in [0.717, 1.165) is 23.5 Å². The maximum absolute atomic E-state index is 5.85. The van der Waals surface area contributed by atoms with Crippen LogP contribution in [0.3, 0.4) is 0 Å². The van der Waals surface area contributed by atoms with Crippen LogP contribution >= 0.6 is 11.3 Å². The number of nitrogens with zero attached hydrogens (tertiary/aromatic N) is 4. The Balaban J connectivity index is 1.34. The summed E-state index contributed by atoms with van der Waals surface area (Å²) in [6.07, 6.45) is 9.87. The smallest absolute Gasteiger partial charge is 0.282 e. The fourth-order valence-corrected chi connectivity index (χ4v) is 3.91. The van der Waals surface area contributed by atoms with E-state index in [9.17, 15) is 0 Å². The summed E-state index contributed by atoms with van der Waals surface area (Å²) in [4.78, 5) is 16.2. The second-order valence-corrected chi connectivity index (χ2v) is 7.36. The minimum Gasteiger partial charge on any atom is -0.431 e. The molecule has 6 heteroatoms. The van der Waals surface area contributed by atoms with E-state index in [1.807, 2.05) is 12.1 Å². The molecule has 3 aromatic rings. The molecule has 1 aliphatic rings. The fraction of sp³-hybridized carbons (Fsp3) is 0.421. The number of benzene rings is 1. The van der Waals surface area contributed by atoms with Crippen molar-refractivity contribution in [2.75, 3.05) is 19.6 Å². The van der Waals surface area contributed by atoms with Gasteiger partial charge in [0.1, 0.15) is 5.75 Å². The van der Waals surface area contributed by atoms with E-state index in [-0.39, 0.29) is 0 Å². The number of thiazole rings is 1. The third-order valence-electron chi connectivity index (χ3n) is 4.57. The number of fused-ring (bicyclic) bond motifs is 1. The van der Waals surface area contributed by atoms with Gasteiger partial charge in [-0.25, -0.2) is 9.97 Å². The Morgan fingerprint density at radius 1 is 0.960 bits per heavy atom. The molecule has 0 bridgehead atoms. The molecular weight excluding hydrogens is 332 g/mol. The predicted molar refractivity (Wildman–Crippen MR) is 100 cm³/mol. The first kappa shape index (κ1) is 16.4. The van der Waals surface area contributed by atoms with Gasteiger partial charge in [0, 0.05) is 18.9 Å². The molecule has 0 N–H and O–H groups in total. The van der Waals surface area contributed by atoms with Crippen LogP contribution in [0, 0.1) is 0 Å². The molecule has 1 aliphatic heterocycles. The van der Waals surface area contributed by atoms with E-state index < -0.39 is 0 Å². The quantitative estimate of drug-likeness (QED) is 0.684. The molecule has 130 valence electrons. The summed E-state index contributed by atoms with van der Waals surface area (Å²) < 4.78 is 5.85. The highest BCUT2D eigenvalue weighted by Gasteiger charge is 2.10. The molecule has 0 saturated carbocycles. The number of hydrogen-bond donors (Lipinski definition) is 0. The molecule has 5 nitrogen and oxygen atoms in total. The van der Waals surface area contributed by atoms with E-state index in [0.29, 0.717) is 10.8 Å². The molecule has 25 heavy (non-hydrogen) atoms. The zero-order chi connectivity index (χ0) is 16.9. The summed E-state index contributed by atoms with van der Waals surface area (Å²) in [6.45, 7) is 3.65. The van der Waals surface area contributed by atoms with Gasteiger partial charge in [-0.3, -0.25) is 0 Å². The van der Waals surface area contributed by atoms with Gasteiger partial charge in [-0.2, -0.15) is 4.98 Å². The van der Waals surface area contributed by atoms with Gasteiger partial charge in [0.15, 0.2) is 10.5 Å². The van der Waals surface area contributed by atoms with Crippen LogP contribution in [0.25, 0.3) is 10.5 Å². The van der Waals surface area contributed by atoms with Crippen molar-refractivity contribution in [1.29, 1.82) is 0 Å². The Labute approximate surface area is 151 Å². The van der Waals surface area contributed by atoms with Crippen LogP contribution in [0.5, 0.6) is 10.9 Å². The molecule has 0 unspecified atom stereocenters. The first-order chi connectivity index (χ1) is 12.4. The van der Waals surface area contributed by atoms with Crippen LogP contribution in [0.1, 0.15) is 31.2 Å². The van der Waals surface area contributed by atoms with Gasteiger partial charge in [0.25, 0.3) is 5.19 Å². The first-order valence-corrected chi connectivity index (χ1v) is 9.75. The van der Waals surface area contributed by atoms with Crippen LogP contribution < -0.4 is 4.74 Å². The topological polar surface area (TPSA) is 51.1 Å². The number of aromatic nitrogens is 3. The van der Waals surface area contributed by atoms with Crippen molar-refractivity contribution in [3.8, 4) is 10.9 Å². The molecule has 0 aliphatic carbocycles. The fourth-order valence-electron chi connectivity index (χ4n) is 3.17.